The SMILES string of the molecule is COc1ccc(Oc2cncc(C3CCN(Cc4cncn4C)CC3)n2)cc1. The van der Waals surface area contributed by atoms with Crippen molar-refractivity contribution >= 4 is 0 Å². The average Bonchev–Trinajstić information content (AvgIpc) is 3.14. The van der Waals surface area contributed by atoms with E-state index in [1.54, 1.807) is 13.3 Å². The fourth-order valence-corrected chi connectivity index (χ4v) is 3.53. The van der Waals surface area contributed by atoms with Crippen molar-refractivity contribution in [3.63, 3.8) is 0 Å². The van der Waals surface area contributed by atoms with Crippen LogP contribution in [-0.4, -0.2) is 44.6 Å². The van der Waals surface area contributed by atoms with E-state index in [4.69, 9.17) is 14.5 Å². The molecule has 0 radical (unpaired) electrons. The Morgan fingerprint density at radius 2 is 1.75 bits per heavy atom. The Bertz CT molecular complexity index is 901. The Morgan fingerprint density at radius 3 is 2.43 bits per heavy atom. The molecular weight excluding hydrogens is 354 g/mol. The quantitative estimate of drug-likeness (QED) is 0.654. The van der Waals surface area contributed by atoms with Gasteiger partial charge in [-0.15, -0.1) is 0 Å². The lowest BCUT2D eigenvalue weighted by molar-refractivity contribution is 0.199. The molecule has 1 aliphatic rings. The normalized spacial score (nSPS) is 15.5. The smallest absolute Gasteiger partial charge is 0.238 e. The summed E-state index contributed by atoms with van der Waals surface area (Å²) in [5, 5.41) is 0. The summed E-state index contributed by atoms with van der Waals surface area (Å²) in [4.78, 5) is 15.7. The molecule has 0 unspecified atom stereocenters. The molecule has 1 aliphatic heterocycles. The summed E-state index contributed by atoms with van der Waals surface area (Å²) in [6.07, 6.45) is 9.45. The van der Waals surface area contributed by atoms with Gasteiger partial charge in [0.25, 0.3) is 0 Å². The maximum Gasteiger partial charge on any atom is 0.238 e. The standard InChI is InChI=1S/C21H25N5O2/c1-25-15-23-11-17(25)14-26-9-7-16(8-10-26)20-12-22-13-21(24-20)28-19-5-3-18(27-2)4-6-19/h3-6,11-13,15-16H,7-10,14H2,1-2H3. The highest BCUT2D eigenvalue weighted by Crippen LogP contribution is 2.29. The molecule has 0 atom stereocenters. The fourth-order valence-electron chi connectivity index (χ4n) is 3.53. The number of piperidine rings is 1. The van der Waals surface area contributed by atoms with Crippen molar-refractivity contribution in [3.8, 4) is 17.4 Å². The van der Waals surface area contributed by atoms with Gasteiger partial charge in [-0.05, 0) is 50.2 Å². The van der Waals surface area contributed by atoms with Gasteiger partial charge in [0.2, 0.25) is 5.88 Å². The monoisotopic (exact) mass is 379 g/mol. The molecule has 1 aromatic carbocycles. The maximum atomic E-state index is 5.86. The van der Waals surface area contributed by atoms with Crippen LogP contribution in [0.2, 0.25) is 0 Å². The minimum absolute atomic E-state index is 0.412. The number of aryl methyl sites for hydroxylation is 1. The Hall–Kier alpha value is -2.93. The summed E-state index contributed by atoms with van der Waals surface area (Å²) in [5.41, 5.74) is 2.25. The molecule has 0 N–H and O–H groups in total. The lowest BCUT2D eigenvalue weighted by Gasteiger charge is -2.31. The summed E-state index contributed by atoms with van der Waals surface area (Å²) in [5.74, 6) is 2.46. The minimum Gasteiger partial charge on any atom is -0.497 e. The molecule has 0 spiro atoms. The molecule has 4 rings (SSSR count). The summed E-state index contributed by atoms with van der Waals surface area (Å²) in [6.45, 7) is 3.03. The fraction of sp³-hybridized carbons (Fsp3) is 0.381. The zero-order valence-electron chi connectivity index (χ0n) is 16.3. The number of rotatable bonds is 6. The number of likely N-dealkylation sites (tertiary alicyclic amines) is 1. The van der Waals surface area contributed by atoms with Gasteiger partial charge in [-0.3, -0.25) is 9.88 Å². The van der Waals surface area contributed by atoms with Crippen LogP contribution >= 0.6 is 0 Å². The van der Waals surface area contributed by atoms with Crippen molar-refractivity contribution in [2.24, 2.45) is 7.05 Å². The largest absolute Gasteiger partial charge is 0.497 e. The zero-order valence-corrected chi connectivity index (χ0v) is 16.3. The van der Waals surface area contributed by atoms with E-state index >= 15 is 0 Å². The Morgan fingerprint density at radius 1 is 1.00 bits per heavy atom. The molecule has 1 fully saturated rings. The lowest BCUT2D eigenvalue weighted by atomic mass is 9.94. The van der Waals surface area contributed by atoms with Crippen LogP contribution in [-0.2, 0) is 13.6 Å². The number of methoxy groups -OCH3 is 1. The van der Waals surface area contributed by atoms with E-state index in [1.807, 2.05) is 50.0 Å². The van der Waals surface area contributed by atoms with Gasteiger partial charge in [0, 0.05) is 31.9 Å². The molecule has 28 heavy (non-hydrogen) atoms. The summed E-state index contributed by atoms with van der Waals surface area (Å²) >= 11 is 0. The molecule has 0 aliphatic carbocycles. The number of hydrogen-bond acceptors (Lipinski definition) is 6. The molecule has 7 nitrogen and oxygen atoms in total. The van der Waals surface area contributed by atoms with Crippen LogP contribution in [0.4, 0.5) is 0 Å². The molecule has 0 bridgehead atoms. The topological polar surface area (TPSA) is 65.3 Å². The average molecular weight is 379 g/mol. The number of nitrogens with zero attached hydrogens (tertiary/aromatic N) is 5. The second-order valence-electron chi connectivity index (χ2n) is 7.11. The van der Waals surface area contributed by atoms with Gasteiger partial charge in [-0.1, -0.05) is 0 Å². The van der Waals surface area contributed by atoms with Crippen molar-refractivity contribution in [2.75, 3.05) is 20.2 Å². The summed E-state index contributed by atoms with van der Waals surface area (Å²) < 4.78 is 13.1. The molecule has 3 aromatic rings. The van der Waals surface area contributed by atoms with E-state index in [-0.39, 0.29) is 0 Å². The van der Waals surface area contributed by atoms with Gasteiger partial charge < -0.3 is 14.0 Å². The summed E-state index contributed by atoms with van der Waals surface area (Å²) in [7, 11) is 3.69. The van der Waals surface area contributed by atoms with E-state index in [0.717, 1.165) is 49.7 Å². The maximum absolute atomic E-state index is 5.86. The van der Waals surface area contributed by atoms with Gasteiger partial charge in [-0.2, -0.15) is 0 Å². The van der Waals surface area contributed by atoms with Gasteiger partial charge in [0.15, 0.2) is 0 Å². The van der Waals surface area contributed by atoms with Gasteiger partial charge in [0.1, 0.15) is 11.5 Å². The Kier molecular flexibility index (Phi) is 5.53. The second kappa shape index (κ2) is 8.39. The molecule has 2 aromatic heterocycles. The van der Waals surface area contributed by atoms with Crippen molar-refractivity contribution < 1.29 is 9.47 Å². The van der Waals surface area contributed by atoms with Gasteiger partial charge in [0.05, 0.1) is 31.0 Å². The number of benzene rings is 1. The number of hydrogen-bond donors (Lipinski definition) is 0. The molecular formula is C21H25N5O2. The number of ether oxygens (including phenoxy) is 2. The first-order valence-electron chi connectivity index (χ1n) is 9.52. The predicted molar refractivity (Wildman–Crippen MR) is 106 cm³/mol. The first-order chi connectivity index (χ1) is 13.7. The molecule has 1 saturated heterocycles. The lowest BCUT2D eigenvalue weighted by Crippen LogP contribution is -2.33. The minimum atomic E-state index is 0.412. The molecule has 7 heteroatoms. The Labute approximate surface area is 165 Å². The van der Waals surface area contributed by atoms with Crippen LogP contribution in [0.15, 0.2) is 49.2 Å². The van der Waals surface area contributed by atoms with E-state index in [0.29, 0.717) is 11.8 Å². The highest BCUT2D eigenvalue weighted by Gasteiger charge is 2.23. The third kappa shape index (κ3) is 4.31. The molecule has 0 saturated carbocycles. The molecule has 3 heterocycles. The third-order valence-corrected chi connectivity index (χ3v) is 5.22. The van der Waals surface area contributed by atoms with Crippen molar-refractivity contribution in [1.29, 1.82) is 0 Å². The van der Waals surface area contributed by atoms with Crippen LogP contribution < -0.4 is 9.47 Å². The van der Waals surface area contributed by atoms with E-state index in [9.17, 15) is 0 Å². The van der Waals surface area contributed by atoms with Crippen LogP contribution in [0.5, 0.6) is 17.4 Å². The number of aromatic nitrogens is 4. The summed E-state index contributed by atoms with van der Waals surface area (Å²) in [6, 6.07) is 7.46. The highest BCUT2D eigenvalue weighted by atomic mass is 16.5. The van der Waals surface area contributed by atoms with Gasteiger partial charge >= 0.3 is 0 Å². The van der Waals surface area contributed by atoms with Crippen molar-refractivity contribution in [3.05, 3.63) is 60.6 Å². The van der Waals surface area contributed by atoms with Crippen LogP contribution in [0.1, 0.15) is 30.1 Å². The van der Waals surface area contributed by atoms with Gasteiger partial charge in [-0.25, -0.2) is 9.97 Å². The van der Waals surface area contributed by atoms with Crippen molar-refractivity contribution in [1.82, 2.24) is 24.4 Å². The van der Waals surface area contributed by atoms with Crippen molar-refractivity contribution in [2.45, 2.75) is 25.3 Å². The first kappa shape index (κ1) is 18.4. The zero-order chi connectivity index (χ0) is 19.3. The molecule has 0 amide bonds. The first-order valence-corrected chi connectivity index (χ1v) is 9.52. The van der Waals surface area contributed by atoms with E-state index < -0.39 is 0 Å². The predicted octanol–water partition coefficient (Wildman–Crippen LogP) is 3.39. The van der Waals surface area contributed by atoms with E-state index in [2.05, 4.69) is 19.4 Å². The number of imidazole rings is 1. The third-order valence-electron chi connectivity index (χ3n) is 5.22. The highest BCUT2D eigenvalue weighted by molar-refractivity contribution is 5.33. The van der Waals surface area contributed by atoms with Crippen LogP contribution in [0.25, 0.3) is 0 Å². The van der Waals surface area contributed by atoms with Crippen LogP contribution in [0, 0.1) is 0 Å². The van der Waals surface area contributed by atoms with Crippen LogP contribution in [0.3, 0.4) is 0 Å². The van der Waals surface area contributed by atoms with E-state index in [1.165, 1.54) is 5.69 Å². The second-order valence-corrected chi connectivity index (χ2v) is 7.11. The molecule has 146 valence electrons. The Balaban J connectivity index is 1.36.